The van der Waals surface area contributed by atoms with Crippen molar-refractivity contribution in [3.8, 4) is 17.0 Å². The summed E-state index contributed by atoms with van der Waals surface area (Å²) in [5.74, 6) is 1.35. The van der Waals surface area contributed by atoms with Gasteiger partial charge in [-0.25, -0.2) is 4.98 Å². The SMILES string of the molecule is CCCc1nc(-c2ccccc2OC(F)F)c(N)n1C. The van der Waals surface area contributed by atoms with Gasteiger partial charge in [0.15, 0.2) is 0 Å². The number of aryl methyl sites for hydroxylation is 1. The van der Waals surface area contributed by atoms with Crippen molar-refractivity contribution in [2.24, 2.45) is 7.05 Å². The van der Waals surface area contributed by atoms with Crippen molar-refractivity contribution in [2.75, 3.05) is 5.73 Å². The van der Waals surface area contributed by atoms with E-state index in [1.165, 1.54) is 6.07 Å². The first-order chi connectivity index (χ1) is 9.54. The number of hydrogen-bond acceptors (Lipinski definition) is 3. The van der Waals surface area contributed by atoms with Crippen molar-refractivity contribution in [3.05, 3.63) is 30.1 Å². The molecule has 0 aliphatic carbocycles. The standard InChI is InChI=1S/C14H17F2N3O/c1-3-6-11-18-12(13(17)19(11)2)9-7-4-5-8-10(9)20-14(15)16/h4-5,7-8,14H,3,6,17H2,1-2H3. The number of nitrogens with two attached hydrogens (primary N) is 1. The normalized spacial score (nSPS) is 11.1. The van der Waals surface area contributed by atoms with Gasteiger partial charge in [-0.3, -0.25) is 0 Å². The summed E-state index contributed by atoms with van der Waals surface area (Å²) < 4.78 is 31.2. The first-order valence-electron chi connectivity index (χ1n) is 6.39. The van der Waals surface area contributed by atoms with Crippen LogP contribution in [0.3, 0.4) is 0 Å². The summed E-state index contributed by atoms with van der Waals surface area (Å²) in [6.45, 7) is -0.838. The predicted octanol–water partition coefficient (Wildman–Crippen LogP) is 3.22. The van der Waals surface area contributed by atoms with Crippen LogP contribution in [0, 0.1) is 0 Å². The Balaban J connectivity index is 2.49. The Hall–Kier alpha value is -2.11. The lowest BCUT2D eigenvalue weighted by Crippen LogP contribution is -2.04. The van der Waals surface area contributed by atoms with Gasteiger partial charge < -0.3 is 15.0 Å². The minimum Gasteiger partial charge on any atom is -0.434 e. The Morgan fingerprint density at radius 1 is 1.35 bits per heavy atom. The van der Waals surface area contributed by atoms with Gasteiger partial charge in [-0.1, -0.05) is 19.1 Å². The van der Waals surface area contributed by atoms with Crippen LogP contribution < -0.4 is 10.5 Å². The maximum absolute atomic E-state index is 12.4. The summed E-state index contributed by atoms with van der Waals surface area (Å²) in [4.78, 5) is 4.45. The third-order valence-electron chi connectivity index (χ3n) is 3.06. The maximum atomic E-state index is 12.4. The highest BCUT2D eigenvalue weighted by molar-refractivity contribution is 5.76. The Labute approximate surface area is 116 Å². The first kappa shape index (κ1) is 14.3. The van der Waals surface area contributed by atoms with E-state index in [-0.39, 0.29) is 5.75 Å². The lowest BCUT2D eigenvalue weighted by Gasteiger charge is -2.09. The number of rotatable bonds is 5. The molecule has 0 spiro atoms. The number of alkyl halides is 2. The van der Waals surface area contributed by atoms with E-state index in [0.717, 1.165) is 18.7 Å². The van der Waals surface area contributed by atoms with Gasteiger partial charge in [0.1, 0.15) is 23.1 Å². The molecule has 0 aliphatic heterocycles. The molecule has 0 saturated carbocycles. The van der Waals surface area contributed by atoms with Gasteiger partial charge >= 0.3 is 6.61 Å². The monoisotopic (exact) mass is 281 g/mol. The topological polar surface area (TPSA) is 53.1 Å². The van der Waals surface area contributed by atoms with Crippen LogP contribution in [0.15, 0.2) is 24.3 Å². The van der Waals surface area contributed by atoms with E-state index in [2.05, 4.69) is 9.72 Å². The summed E-state index contributed by atoms with van der Waals surface area (Å²) >= 11 is 0. The van der Waals surface area contributed by atoms with Crippen LogP contribution in [0.5, 0.6) is 5.75 Å². The number of benzene rings is 1. The molecular formula is C14H17F2N3O. The highest BCUT2D eigenvalue weighted by Gasteiger charge is 2.18. The second-order valence-electron chi connectivity index (χ2n) is 4.45. The molecule has 0 fully saturated rings. The molecule has 0 unspecified atom stereocenters. The van der Waals surface area contributed by atoms with Crippen LogP contribution in [-0.2, 0) is 13.5 Å². The number of ether oxygens (including phenoxy) is 1. The molecule has 0 radical (unpaired) electrons. The predicted molar refractivity (Wildman–Crippen MR) is 73.7 cm³/mol. The van der Waals surface area contributed by atoms with Crippen molar-refractivity contribution in [1.82, 2.24) is 9.55 Å². The second kappa shape index (κ2) is 5.90. The smallest absolute Gasteiger partial charge is 0.387 e. The molecule has 0 aliphatic rings. The van der Waals surface area contributed by atoms with Gasteiger partial charge in [-0.2, -0.15) is 8.78 Å². The Morgan fingerprint density at radius 2 is 2.05 bits per heavy atom. The zero-order valence-corrected chi connectivity index (χ0v) is 11.4. The molecular weight excluding hydrogens is 264 g/mol. The fraction of sp³-hybridized carbons (Fsp3) is 0.357. The molecule has 0 saturated heterocycles. The molecule has 20 heavy (non-hydrogen) atoms. The van der Waals surface area contributed by atoms with Gasteiger partial charge in [0.05, 0.1) is 0 Å². The lowest BCUT2D eigenvalue weighted by molar-refractivity contribution is -0.0494. The molecule has 2 aromatic rings. The van der Waals surface area contributed by atoms with Crippen molar-refractivity contribution < 1.29 is 13.5 Å². The number of halogens is 2. The zero-order chi connectivity index (χ0) is 14.7. The van der Waals surface area contributed by atoms with E-state index in [9.17, 15) is 8.78 Å². The molecule has 4 nitrogen and oxygen atoms in total. The summed E-state index contributed by atoms with van der Waals surface area (Å²) in [6, 6.07) is 6.52. The zero-order valence-electron chi connectivity index (χ0n) is 11.4. The summed E-state index contributed by atoms with van der Waals surface area (Å²) in [5.41, 5.74) is 6.98. The third-order valence-corrected chi connectivity index (χ3v) is 3.06. The molecule has 1 aromatic heterocycles. The number of aromatic nitrogens is 2. The highest BCUT2D eigenvalue weighted by Crippen LogP contribution is 2.34. The number of para-hydroxylation sites is 1. The van der Waals surface area contributed by atoms with Crippen LogP contribution in [0.4, 0.5) is 14.6 Å². The Kier molecular flexibility index (Phi) is 4.22. The fourth-order valence-corrected chi connectivity index (χ4v) is 2.07. The third kappa shape index (κ3) is 2.74. The van der Waals surface area contributed by atoms with E-state index in [1.54, 1.807) is 22.8 Å². The van der Waals surface area contributed by atoms with Crippen LogP contribution in [-0.4, -0.2) is 16.2 Å². The minimum absolute atomic E-state index is 0.0790. The van der Waals surface area contributed by atoms with Gasteiger partial charge in [-0.15, -0.1) is 0 Å². The van der Waals surface area contributed by atoms with Gasteiger partial charge in [0.25, 0.3) is 0 Å². The van der Waals surface area contributed by atoms with E-state index < -0.39 is 6.61 Å². The number of nitrogens with zero attached hydrogens (tertiary/aromatic N) is 2. The molecule has 2 rings (SSSR count). The second-order valence-corrected chi connectivity index (χ2v) is 4.45. The van der Waals surface area contributed by atoms with Crippen molar-refractivity contribution in [2.45, 2.75) is 26.4 Å². The maximum Gasteiger partial charge on any atom is 0.387 e. The molecule has 0 bridgehead atoms. The molecule has 108 valence electrons. The lowest BCUT2D eigenvalue weighted by atomic mass is 10.1. The molecule has 1 heterocycles. The molecule has 2 N–H and O–H groups in total. The van der Waals surface area contributed by atoms with E-state index in [1.807, 2.05) is 14.0 Å². The summed E-state index contributed by atoms with van der Waals surface area (Å²) in [6.07, 6.45) is 1.71. The largest absolute Gasteiger partial charge is 0.434 e. The average Bonchev–Trinajstić information content (AvgIpc) is 2.68. The molecule has 1 aromatic carbocycles. The Morgan fingerprint density at radius 3 is 2.70 bits per heavy atom. The van der Waals surface area contributed by atoms with Crippen LogP contribution in [0.2, 0.25) is 0 Å². The van der Waals surface area contributed by atoms with Crippen molar-refractivity contribution >= 4 is 5.82 Å². The summed E-state index contributed by atoms with van der Waals surface area (Å²) in [7, 11) is 1.81. The van der Waals surface area contributed by atoms with Crippen LogP contribution >= 0.6 is 0 Å². The van der Waals surface area contributed by atoms with Crippen LogP contribution in [0.25, 0.3) is 11.3 Å². The van der Waals surface area contributed by atoms with Gasteiger partial charge in [0, 0.05) is 19.0 Å². The quantitative estimate of drug-likeness (QED) is 0.915. The number of anilines is 1. The van der Waals surface area contributed by atoms with E-state index in [4.69, 9.17) is 5.73 Å². The molecule has 6 heteroatoms. The number of nitrogen functional groups attached to an aromatic ring is 1. The van der Waals surface area contributed by atoms with Crippen LogP contribution in [0.1, 0.15) is 19.2 Å². The average molecular weight is 281 g/mol. The fourth-order valence-electron chi connectivity index (χ4n) is 2.07. The van der Waals surface area contributed by atoms with E-state index >= 15 is 0 Å². The molecule has 0 amide bonds. The Bertz CT molecular complexity index is 596. The van der Waals surface area contributed by atoms with Crippen molar-refractivity contribution in [3.63, 3.8) is 0 Å². The minimum atomic E-state index is -2.88. The van der Waals surface area contributed by atoms with Gasteiger partial charge in [0.2, 0.25) is 0 Å². The van der Waals surface area contributed by atoms with Crippen molar-refractivity contribution in [1.29, 1.82) is 0 Å². The first-order valence-corrected chi connectivity index (χ1v) is 6.39. The van der Waals surface area contributed by atoms with E-state index in [0.29, 0.717) is 17.1 Å². The number of hydrogen-bond donors (Lipinski definition) is 1. The summed E-state index contributed by atoms with van der Waals surface area (Å²) in [5, 5.41) is 0. The van der Waals surface area contributed by atoms with Gasteiger partial charge in [-0.05, 0) is 18.6 Å². The highest BCUT2D eigenvalue weighted by atomic mass is 19.3. The molecule has 0 atom stereocenters. The number of imidazole rings is 1.